The summed E-state index contributed by atoms with van der Waals surface area (Å²) in [4.78, 5) is 14.6. The molecule has 1 aromatic carbocycles. The fourth-order valence-corrected chi connectivity index (χ4v) is 3.02. The minimum absolute atomic E-state index is 0.163. The Kier molecular flexibility index (Phi) is 3.53. The molecule has 2 aliphatic heterocycles. The lowest BCUT2D eigenvalue weighted by Gasteiger charge is -2.22. The van der Waals surface area contributed by atoms with Crippen molar-refractivity contribution in [2.45, 2.75) is 25.9 Å². The van der Waals surface area contributed by atoms with Crippen LogP contribution in [0.3, 0.4) is 0 Å². The zero-order valence-corrected chi connectivity index (χ0v) is 11.4. The Morgan fingerprint density at radius 3 is 2.89 bits per heavy atom. The van der Waals surface area contributed by atoms with Gasteiger partial charge in [0.05, 0.1) is 0 Å². The minimum Gasteiger partial charge on any atom is -0.326 e. The molecular weight excluding hydrogens is 238 g/mol. The van der Waals surface area contributed by atoms with Gasteiger partial charge < -0.3 is 10.6 Å². The summed E-state index contributed by atoms with van der Waals surface area (Å²) in [5.74, 6) is 0.348. The van der Waals surface area contributed by atoms with Gasteiger partial charge in [0, 0.05) is 24.7 Å². The van der Waals surface area contributed by atoms with Crippen LogP contribution >= 0.6 is 0 Å². The summed E-state index contributed by atoms with van der Waals surface area (Å²) in [5, 5.41) is 6.43. The van der Waals surface area contributed by atoms with Gasteiger partial charge in [0.15, 0.2) is 0 Å². The van der Waals surface area contributed by atoms with Gasteiger partial charge in [0.1, 0.15) is 0 Å². The highest BCUT2D eigenvalue weighted by Gasteiger charge is 2.24. The normalized spacial score (nSPS) is 20.3. The van der Waals surface area contributed by atoms with Crippen molar-refractivity contribution in [1.82, 2.24) is 10.2 Å². The first-order chi connectivity index (χ1) is 9.24. The molecular formula is C15H21N3O. The topological polar surface area (TPSA) is 44.4 Å². The first-order valence-electron chi connectivity index (χ1n) is 7.05. The van der Waals surface area contributed by atoms with Gasteiger partial charge in [-0.2, -0.15) is 0 Å². The number of hydrogen-bond donors (Lipinski definition) is 2. The van der Waals surface area contributed by atoms with Gasteiger partial charge in [-0.05, 0) is 50.2 Å². The maximum Gasteiger partial charge on any atom is 0.227 e. The lowest BCUT2D eigenvalue weighted by molar-refractivity contribution is -0.120. The van der Waals surface area contributed by atoms with Gasteiger partial charge in [0.2, 0.25) is 5.91 Å². The van der Waals surface area contributed by atoms with Gasteiger partial charge in [-0.3, -0.25) is 9.69 Å². The summed E-state index contributed by atoms with van der Waals surface area (Å²) in [6.45, 7) is 3.81. The van der Waals surface area contributed by atoms with Crippen LogP contribution in [-0.2, 0) is 17.9 Å². The third-order valence-corrected chi connectivity index (χ3v) is 4.11. The zero-order chi connectivity index (χ0) is 13.2. The molecule has 0 saturated carbocycles. The molecule has 1 fully saturated rings. The quantitative estimate of drug-likeness (QED) is 0.847. The van der Waals surface area contributed by atoms with Crippen LogP contribution in [0.5, 0.6) is 0 Å². The Bertz CT molecular complexity index is 480. The summed E-state index contributed by atoms with van der Waals surface area (Å²) in [6.07, 6.45) is 1.89. The number of carbonyl (C=O) groups is 1. The molecule has 0 bridgehead atoms. The average Bonchev–Trinajstić information content (AvgIpc) is 2.81. The molecule has 0 atom stereocenters. The van der Waals surface area contributed by atoms with E-state index < -0.39 is 0 Å². The average molecular weight is 259 g/mol. The zero-order valence-electron chi connectivity index (χ0n) is 11.4. The Morgan fingerprint density at radius 1 is 1.32 bits per heavy atom. The SMILES string of the molecule is CN1Cc2cccc(NC(=O)C3CCNCC3)c2C1. The largest absolute Gasteiger partial charge is 0.326 e. The van der Waals surface area contributed by atoms with E-state index in [9.17, 15) is 4.79 Å². The molecule has 0 spiro atoms. The van der Waals surface area contributed by atoms with E-state index in [1.807, 2.05) is 12.1 Å². The van der Waals surface area contributed by atoms with Gasteiger partial charge in [-0.1, -0.05) is 12.1 Å². The molecule has 4 nitrogen and oxygen atoms in total. The number of rotatable bonds is 2. The highest BCUT2D eigenvalue weighted by molar-refractivity contribution is 5.93. The number of nitrogens with zero attached hydrogens (tertiary/aromatic N) is 1. The number of carbonyl (C=O) groups excluding carboxylic acids is 1. The molecule has 0 radical (unpaired) electrons. The summed E-state index contributed by atoms with van der Waals surface area (Å²) >= 11 is 0. The predicted octanol–water partition coefficient (Wildman–Crippen LogP) is 1.57. The van der Waals surface area contributed by atoms with Crippen LogP contribution < -0.4 is 10.6 Å². The molecule has 2 heterocycles. The smallest absolute Gasteiger partial charge is 0.227 e. The first kappa shape index (κ1) is 12.6. The highest BCUT2D eigenvalue weighted by Crippen LogP contribution is 2.29. The van der Waals surface area contributed by atoms with Crippen LogP contribution in [0.15, 0.2) is 18.2 Å². The molecule has 1 saturated heterocycles. The van der Waals surface area contributed by atoms with Crippen LogP contribution in [0, 0.1) is 5.92 Å². The van der Waals surface area contributed by atoms with E-state index in [-0.39, 0.29) is 11.8 Å². The molecule has 2 N–H and O–H groups in total. The Morgan fingerprint density at radius 2 is 2.11 bits per heavy atom. The van der Waals surface area contributed by atoms with Crippen molar-refractivity contribution < 1.29 is 4.79 Å². The maximum atomic E-state index is 12.3. The van der Waals surface area contributed by atoms with Gasteiger partial charge in [0.25, 0.3) is 0 Å². The molecule has 0 aliphatic carbocycles. The number of piperidine rings is 1. The van der Waals surface area contributed by atoms with Crippen molar-refractivity contribution in [1.29, 1.82) is 0 Å². The molecule has 19 heavy (non-hydrogen) atoms. The van der Waals surface area contributed by atoms with Crippen LogP contribution in [0.4, 0.5) is 5.69 Å². The van der Waals surface area contributed by atoms with Crippen LogP contribution in [0.25, 0.3) is 0 Å². The Hall–Kier alpha value is -1.39. The van der Waals surface area contributed by atoms with Gasteiger partial charge >= 0.3 is 0 Å². The molecule has 102 valence electrons. The van der Waals surface area contributed by atoms with Crippen molar-refractivity contribution in [3.8, 4) is 0 Å². The lowest BCUT2D eigenvalue weighted by Crippen LogP contribution is -2.34. The van der Waals surface area contributed by atoms with E-state index in [0.717, 1.165) is 44.7 Å². The van der Waals surface area contributed by atoms with Gasteiger partial charge in [-0.25, -0.2) is 0 Å². The van der Waals surface area contributed by atoms with E-state index in [1.54, 1.807) is 0 Å². The second-order valence-corrected chi connectivity index (χ2v) is 5.63. The van der Waals surface area contributed by atoms with Crippen LogP contribution in [0.2, 0.25) is 0 Å². The molecule has 1 amide bonds. The number of benzene rings is 1. The number of anilines is 1. The number of nitrogens with one attached hydrogen (secondary N) is 2. The molecule has 1 aromatic rings. The fraction of sp³-hybridized carbons (Fsp3) is 0.533. The second kappa shape index (κ2) is 5.31. The minimum atomic E-state index is 0.163. The van der Waals surface area contributed by atoms with Crippen LogP contribution in [-0.4, -0.2) is 30.9 Å². The number of amides is 1. The monoisotopic (exact) mass is 259 g/mol. The number of fused-ring (bicyclic) bond motifs is 1. The van der Waals surface area contributed by atoms with Crippen molar-refractivity contribution in [2.24, 2.45) is 5.92 Å². The molecule has 2 aliphatic rings. The number of hydrogen-bond acceptors (Lipinski definition) is 3. The third-order valence-electron chi connectivity index (χ3n) is 4.11. The van der Waals surface area contributed by atoms with Crippen molar-refractivity contribution in [3.63, 3.8) is 0 Å². The predicted molar refractivity (Wildman–Crippen MR) is 75.8 cm³/mol. The Balaban J connectivity index is 1.73. The highest BCUT2D eigenvalue weighted by atomic mass is 16.1. The van der Waals surface area contributed by atoms with Crippen molar-refractivity contribution in [3.05, 3.63) is 29.3 Å². The molecule has 0 aromatic heterocycles. The second-order valence-electron chi connectivity index (χ2n) is 5.63. The molecule has 4 heteroatoms. The summed E-state index contributed by atoms with van der Waals surface area (Å²) in [6, 6.07) is 6.21. The van der Waals surface area contributed by atoms with Crippen molar-refractivity contribution >= 4 is 11.6 Å². The maximum absolute atomic E-state index is 12.3. The molecule has 3 rings (SSSR count). The lowest BCUT2D eigenvalue weighted by atomic mass is 9.97. The van der Waals surface area contributed by atoms with E-state index >= 15 is 0 Å². The summed E-state index contributed by atoms with van der Waals surface area (Å²) < 4.78 is 0. The van der Waals surface area contributed by atoms with E-state index in [0.29, 0.717) is 0 Å². The van der Waals surface area contributed by atoms with Gasteiger partial charge in [-0.15, -0.1) is 0 Å². The van der Waals surface area contributed by atoms with E-state index in [2.05, 4.69) is 28.6 Å². The molecule has 0 unspecified atom stereocenters. The fourth-order valence-electron chi connectivity index (χ4n) is 3.02. The van der Waals surface area contributed by atoms with Crippen molar-refractivity contribution in [2.75, 3.05) is 25.5 Å². The summed E-state index contributed by atoms with van der Waals surface area (Å²) in [5.41, 5.74) is 3.63. The Labute approximate surface area is 114 Å². The first-order valence-corrected chi connectivity index (χ1v) is 7.05. The van der Waals surface area contributed by atoms with Crippen LogP contribution in [0.1, 0.15) is 24.0 Å². The van der Waals surface area contributed by atoms with E-state index in [1.165, 1.54) is 11.1 Å². The summed E-state index contributed by atoms with van der Waals surface area (Å²) in [7, 11) is 2.11. The standard InChI is InChI=1S/C15H21N3O/c1-18-9-12-3-2-4-14(13(12)10-18)17-15(19)11-5-7-16-8-6-11/h2-4,11,16H,5-10H2,1H3,(H,17,19). The van der Waals surface area contributed by atoms with E-state index in [4.69, 9.17) is 0 Å². The third kappa shape index (κ3) is 2.65.